The maximum absolute atomic E-state index is 13.1. The van der Waals surface area contributed by atoms with Crippen LogP contribution in [0.1, 0.15) is 32.7 Å². The molecule has 0 spiro atoms. The maximum Gasteiger partial charge on any atom is 0.262 e. The summed E-state index contributed by atoms with van der Waals surface area (Å²) in [5.41, 5.74) is 0.472. The number of ether oxygens (including phenoxy) is 3. The number of methoxy groups -OCH3 is 3. The predicted octanol–water partition coefficient (Wildman–Crippen LogP) is 2.53. The highest BCUT2D eigenvalue weighted by Gasteiger charge is 2.34. The molecule has 0 unspecified atom stereocenters. The van der Waals surface area contributed by atoms with E-state index in [0.717, 1.165) is 0 Å². The van der Waals surface area contributed by atoms with Crippen LogP contribution in [0.4, 0.5) is 5.69 Å². The standard InChI is InChI=1S/C21H30N4O6S/c1-14(2)24-12-19(22-13-24)32(27,28)25-8-6-7-15(11-25)21(26)23-16-9-17(29-3)20(31-5)18(10-16)30-4/h9-10,12-15H,6-8,11H2,1-5H3,(H,23,26)/t15-/m1/s1. The number of piperidine rings is 1. The number of aromatic nitrogens is 2. The third-order valence-electron chi connectivity index (χ3n) is 5.47. The van der Waals surface area contributed by atoms with Crippen molar-refractivity contribution >= 4 is 21.6 Å². The highest BCUT2D eigenvalue weighted by molar-refractivity contribution is 7.89. The molecule has 10 nitrogen and oxygen atoms in total. The zero-order valence-electron chi connectivity index (χ0n) is 19.0. The monoisotopic (exact) mass is 466 g/mol. The van der Waals surface area contributed by atoms with Gasteiger partial charge < -0.3 is 24.1 Å². The number of nitrogens with one attached hydrogen (secondary N) is 1. The van der Waals surface area contributed by atoms with Crippen LogP contribution < -0.4 is 19.5 Å². The molecule has 0 saturated carbocycles. The molecule has 2 aromatic rings. The molecule has 0 aliphatic carbocycles. The van der Waals surface area contributed by atoms with E-state index < -0.39 is 15.9 Å². The number of sulfonamides is 1. The molecule has 1 saturated heterocycles. The van der Waals surface area contributed by atoms with Gasteiger partial charge in [0, 0.05) is 43.1 Å². The fraction of sp³-hybridized carbons (Fsp3) is 0.524. The lowest BCUT2D eigenvalue weighted by Gasteiger charge is -2.30. The third kappa shape index (κ3) is 4.83. The first-order valence-electron chi connectivity index (χ1n) is 10.4. The van der Waals surface area contributed by atoms with Crippen LogP contribution in [0.3, 0.4) is 0 Å². The minimum Gasteiger partial charge on any atom is -0.493 e. The van der Waals surface area contributed by atoms with Gasteiger partial charge in [-0.1, -0.05) is 0 Å². The van der Waals surface area contributed by atoms with Gasteiger partial charge in [0.05, 0.1) is 33.6 Å². The van der Waals surface area contributed by atoms with Gasteiger partial charge in [0.1, 0.15) is 0 Å². The molecule has 3 rings (SSSR count). The summed E-state index contributed by atoms with van der Waals surface area (Å²) < 4.78 is 45.1. The lowest BCUT2D eigenvalue weighted by atomic mass is 9.98. The Morgan fingerprint density at radius 2 is 1.81 bits per heavy atom. The second kappa shape index (κ2) is 9.78. The molecule has 2 heterocycles. The van der Waals surface area contributed by atoms with Crippen molar-refractivity contribution in [2.24, 2.45) is 5.92 Å². The Morgan fingerprint density at radius 1 is 1.16 bits per heavy atom. The Morgan fingerprint density at radius 3 is 2.34 bits per heavy atom. The van der Waals surface area contributed by atoms with Gasteiger partial charge in [0.25, 0.3) is 10.0 Å². The van der Waals surface area contributed by atoms with Crippen molar-refractivity contribution in [2.75, 3.05) is 39.7 Å². The number of imidazole rings is 1. The number of carbonyl (C=O) groups excluding carboxylic acids is 1. The number of carbonyl (C=O) groups is 1. The molecule has 1 aliphatic heterocycles. The molecule has 1 aromatic heterocycles. The van der Waals surface area contributed by atoms with E-state index in [1.807, 2.05) is 13.8 Å². The van der Waals surface area contributed by atoms with Crippen LogP contribution in [0.15, 0.2) is 29.7 Å². The molecule has 11 heteroatoms. The van der Waals surface area contributed by atoms with Crippen molar-refractivity contribution in [3.05, 3.63) is 24.7 Å². The normalized spacial score (nSPS) is 17.2. The summed E-state index contributed by atoms with van der Waals surface area (Å²) in [7, 11) is 0.707. The molecule has 32 heavy (non-hydrogen) atoms. The summed E-state index contributed by atoms with van der Waals surface area (Å²) in [5, 5.41) is 2.84. The van der Waals surface area contributed by atoms with E-state index in [0.29, 0.717) is 42.3 Å². The van der Waals surface area contributed by atoms with E-state index in [2.05, 4.69) is 10.3 Å². The van der Waals surface area contributed by atoms with Gasteiger partial charge in [0.2, 0.25) is 11.7 Å². The number of hydrogen-bond donors (Lipinski definition) is 1. The number of benzene rings is 1. The molecular formula is C21H30N4O6S. The van der Waals surface area contributed by atoms with E-state index >= 15 is 0 Å². The van der Waals surface area contributed by atoms with Crippen LogP contribution >= 0.6 is 0 Å². The van der Waals surface area contributed by atoms with Gasteiger partial charge in [-0.05, 0) is 26.7 Å². The number of anilines is 1. The van der Waals surface area contributed by atoms with Gasteiger partial charge in [-0.25, -0.2) is 13.4 Å². The molecule has 0 bridgehead atoms. The summed E-state index contributed by atoms with van der Waals surface area (Å²) in [6, 6.07) is 3.37. The lowest BCUT2D eigenvalue weighted by molar-refractivity contribution is -0.120. The van der Waals surface area contributed by atoms with Crippen molar-refractivity contribution < 1.29 is 27.4 Å². The highest BCUT2D eigenvalue weighted by atomic mass is 32.2. The quantitative estimate of drug-likeness (QED) is 0.636. The maximum atomic E-state index is 13.1. The topological polar surface area (TPSA) is 112 Å². The summed E-state index contributed by atoms with van der Waals surface area (Å²) in [4.78, 5) is 17.0. The molecule has 1 atom stereocenters. The van der Waals surface area contributed by atoms with Crippen molar-refractivity contribution in [1.29, 1.82) is 0 Å². The molecule has 1 aromatic carbocycles. The SMILES string of the molecule is COc1cc(NC(=O)[C@@H]2CCCN(S(=O)(=O)c3cn(C(C)C)cn3)C2)cc(OC)c1OC. The van der Waals surface area contributed by atoms with Gasteiger partial charge >= 0.3 is 0 Å². The van der Waals surface area contributed by atoms with Crippen molar-refractivity contribution in [3.63, 3.8) is 0 Å². The predicted molar refractivity (Wildman–Crippen MR) is 119 cm³/mol. The smallest absolute Gasteiger partial charge is 0.262 e. The van der Waals surface area contributed by atoms with E-state index in [9.17, 15) is 13.2 Å². The van der Waals surface area contributed by atoms with Crippen molar-refractivity contribution in [2.45, 2.75) is 37.8 Å². The minimum absolute atomic E-state index is 0.00288. The zero-order chi connectivity index (χ0) is 23.5. The zero-order valence-corrected chi connectivity index (χ0v) is 19.8. The van der Waals surface area contributed by atoms with Crippen LogP contribution in [-0.2, 0) is 14.8 Å². The van der Waals surface area contributed by atoms with E-state index in [-0.39, 0.29) is 23.5 Å². The van der Waals surface area contributed by atoms with E-state index in [4.69, 9.17) is 14.2 Å². The average Bonchev–Trinajstić information content (AvgIpc) is 3.30. The minimum atomic E-state index is -3.78. The van der Waals surface area contributed by atoms with Crippen molar-refractivity contribution in [3.8, 4) is 17.2 Å². The fourth-order valence-corrected chi connectivity index (χ4v) is 5.08. The van der Waals surface area contributed by atoms with E-state index in [1.54, 1.807) is 16.7 Å². The third-order valence-corrected chi connectivity index (χ3v) is 7.22. The first kappa shape index (κ1) is 23.9. The van der Waals surface area contributed by atoms with Crippen LogP contribution in [0.2, 0.25) is 0 Å². The number of hydrogen-bond acceptors (Lipinski definition) is 7. The number of nitrogens with zero attached hydrogens (tertiary/aromatic N) is 3. The second-order valence-corrected chi connectivity index (χ2v) is 9.74. The highest BCUT2D eigenvalue weighted by Crippen LogP contribution is 2.40. The molecule has 0 radical (unpaired) electrons. The average molecular weight is 467 g/mol. The van der Waals surface area contributed by atoms with Crippen LogP contribution in [0.5, 0.6) is 17.2 Å². The van der Waals surface area contributed by atoms with Crippen LogP contribution in [0.25, 0.3) is 0 Å². The first-order valence-corrected chi connectivity index (χ1v) is 11.8. The fourth-order valence-electron chi connectivity index (χ4n) is 3.64. The summed E-state index contributed by atoms with van der Waals surface area (Å²) in [6.45, 7) is 4.34. The number of rotatable bonds is 8. The molecule has 1 fully saturated rings. The van der Waals surface area contributed by atoms with Gasteiger partial charge in [0.15, 0.2) is 16.5 Å². The van der Waals surface area contributed by atoms with Crippen molar-refractivity contribution in [1.82, 2.24) is 13.9 Å². The molecule has 176 valence electrons. The van der Waals surface area contributed by atoms with Gasteiger partial charge in [-0.2, -0.15) is 4.31 Å². The van der Waals surface area contributed by atoms with Crippen LogP contribution in [0, 0.1) is 5.92 Å². The summed E-state index contributed by atoms with van der Waals surface area (Å²) in [6.07, 6.45) is 4.20. The Hall–Kier alpha value is -2.79. The largest absolute Gasteiger partial charge is 0.493 e. The Labute approximate surface area is 188 Å². The summed E-state index contributed by atoms with van der Waals surface area (Å²) >= 11 is 0. The Kier molecular flexibility index (Phi) is 7.29. The van der Waals surface area contributed by atoms with E-state index in [1.165, 1.54) is 38.2 Å². The molecular weight excluding hydrogens is 436 g/mol. The molecule has 1 amide bonds. The molecule has 1 aliphatic rings. The summed E-state index contributed by atoms with van der Waals surface area (Å²) in [5.74, 6) is 0.479. The van der Waals surface area contributed by atoms with Gasteiger partial charge in [-0.15, -0.1) is 0 Å². The Balaban J connectivity index is 1.76. The van der Waals surface area contributed by atoms with Crippen LogP contribution in [-0.4, -0.2) is 62.6 Å². The first-order chi connectivity index (χ1) is 15.2. The number of amides is 1. The second-order valence-electron chi connectivity index (χ2n) is 7.86. The Bertz CT molecular complexity index is 1040. The van der Waals surface area contributed by atoms with Gasteiger partial charge in [-0.3, -0.25) is 4.79 Å². The lowest BCUT2D eigenvalue weighted by Crippen LogP contribution is -2.43. The molecule has 1 N–H and O–H groups in total.